The molecule has 0 heterocycles. The van der Waals surface area contributed by atoms with Crippen molar-refractivity contribution < 1.29 is 49.4 Å². The zero-order valence-corrected chi connectivity index (χ0v) is 16.9. The van der Waals surface area contributed by atoms with Crippen LogP contribution >= 0.6 is 0 Å². The molecule has 1 amide bonds. The Morgan fingerprint density at radius 3 is 2.18 bits per heavy atom. The van der Waals surface area contributed by atoms with E-state index < -0.39 is 58.1 Å². The molecule has 0 aromatic heterocycles. The van der Waals surface area contributed by atoms with Gasteiger partial charge in [0.2, 0.25) is 0 Å². The van der Waals surface area contributed by atoms with Gasteiger partial charge in [-0.1, -0.05) is 0 Å². The van der Waals surface area contributed by atoms with E-state index in [9.17, 15) is 44.7 Å². The van der Waals surface area contributed by atoms with Crippen molar-refractivity contribution in [3.63, 3.8) is 0 Å². The van der Waals surface area contributed by atoms with E-state index in [0.29, 0.717) is 12.1 Å². The molecule has 0 aliphatic heterocycles. The van der Waals surface area contributed by atoms with Crippen molar-refractivity contribution in [3.8, 4) is 11.5 Å². The Kier molecular flexibility index (Phi) is 8.03. The Bertz CT molecular complexity index is 1140. The molecular weight excluding hydrogens is 480 g/mol. The van der Waals surface area contributed by atoms with Gasteiger partial charge >= 0.3 is 12.4 Å². The summed E-state index contributed by atoms with van der Waals surface area (Å²) in [6.45, 7) is 0. The maximum atomic E-state index is 14.0. The molecule has 0 atom stereocenters. The minimum absolute atomic E-state index is 0.0689. The fraction of sp³-hybridized carbons (Fsp3) is 0.143. The number of benzene rings is 2. The van der Waals surface area contributed by atoms with Gasteiger partial charge in [-0.3, -0.25) is 9.59 Å². The second-order valence-electron chi connectivity index (χ2n) is 6.40. The number of carbonyl (C=O) groups excluding carboxylic acids is 2. The van der Waals surface area contributed by atoms with Crippen LogP contribution in [-0.4, -0.2) is 19.2 Å². The molecule has 0 radical (unpaired) electrons. The van der Waals surface area contributed by atoms with Crippen LogP contribution in [0.15, 0.2) is 54.4 Å². The van der Waals surface area contributed by atoms with Crippen molar-refractivity contribution in [2.75, 3.05) is 7.05 Å². The van der Waals surface area contributed by atoms with E-state index >= 15 is 0 Å². The van der Waals surface area contributed by atoms with Crippen LogP contribution in [0.4, 0.5) is 35.1 Å². The Balaban J connectivity index is 2.76. The van der Waals surface area contributed by atoms with Gasteiger partial charge in [-0.25, -0.2) is 8.78 Å². The van der Waals surface area contributed by atoms with Gasteiger partial charge in [0.1, 0.15) is 17.9 Å². The summed E-state index contributed by atoms with van der Waals surface area (Å²) in [5.74, 6) is -6.42. The van der Waals surface area contributed by atoms with Gasteiger partial charge < -0.3 is 15.4 Å². The number of alkyl halides is 6. The fourth-order valence-corrected chi connectivity index (χ4v) is 2.57. The van der Waals surface area contributed by atoms with Gasteiger partial charge in [-0.05, 0) is 36.5 Å². The van der Waals surface area contributed by atoms with Crippen LogP contribution in [0.1, 0.15) is 21.5 Å². The number of hydrogen-bond acceptors (Lipinski definition) is 4. The summed E-state index contributed by atoms with van der Waals surface area (Å²) >= 11 is 0. The number of allylic oxidation sites excluding steroid dienone is 2. The Hall–Kier alpha value is -3.90. The minimum atomic E-state index is -5.48. The highest BCUT2D eigenvalue weighted by Gasteiger charge is 2.42. The first kappa shape index (κ1) is 26.4. The van der Waals surface area contributed by atoms with Crippen molar-refractivity contribution >= 4 is 12.2 Å². The highest BCUT2D eigenvalue weighted by atomic mass is 19.4. The van der Waals surface area contributed by atoms with Crippen molar-refractivity contribution in [1.82, 2.24) is 10.6 Å². The van der Waals surface area contributed by atoms with Crippen LogP contribution in [0.5, 0.6) is 11.5 Å². The van der Waals surface area contributed by atoms with E-state index in [4.69, 9.17) is 4.74 Å². The molecule has 2 aromatic rings. The molecule has 2 N–H and O–H groups in total. The normalized spacial score (nSPS) is 12.6. The second-order valence-corrected chi connectivity index (χ2v) is 6.40. The SMILES string of the molecule is CN/C=C\C(=C/C=O)NC(=O)c1c(Oc2ccc(F)cc2F)cc(C(F)(F)F)cc1C(F)(F)F. The van der Waals surface area contributed by atoms with E-state index in [2.05, 4.69) is 5.32 Å². The zero-order valence-electron chi connectivity index (χ0n) is 16.9. The van der Waals surface area contributed by atoms with Crippen molar-refractivity contribution in [1.29, 1.82) is 0 Å². The number of hydrogen-bond donors (Lipinski definition) is 2. The smallest absolute Gasteiger partial charge is 0.417 e. The summed E-state index contributed by atoms with van der Waals surface area (Å²) in [6, 6.07) is 1.30. The lowest BCUT2D eigenvalue weighted by atomic mass is 10.0. The van der Waals surface area contributed by atoms with Crippen LogP contribution in [-0.2, 0) is 17.1 Å². The van der Waals surface area contributed by atoms with Gasteiger partial charge in [0.05, 0.1) is 16.7 Å². The molecule has 0 unspecified atom stereocenters. The molecule has 0 aliphatic rings. The van der Waals surface area contributed by atoms with Crippen LogP contribution in [0.3, 0.4) is 0 Å². The summed E-state index contributed by atoms with van der Waals surface area (Å²) < 4.78 is 113. The predicted octanol–water partition coefficient (Wildman–Crippen LogP) is 5.34. The molecule has 5 nitrogen and oxygen atoms in total. The van der Waals surface area contributed by atoms with Crippen molar-refractivity contribution in [3.05, 3.63) is 82.7 Å². The zero-order chi connectivity index (χ0) is 25.7. The average molecular weight is 494 g/mol. The third-order valence-electron chi connectivity index (χ3n) is 4.01. The maximum Gasteiger partial charge on any atom is 0.417 e. The number of nitrogens with one attached hydrogen (secondary N) is 2. The number of carbonyl (C=O) groups is 2. The van der Waals surface area contributed by atoms with E-state index in [1.165, 1.54) is 13.2 Å². The minimum Gasteiger partial charge on any atom is -0.453 e. The first-order chi connectivity index (χ1) is 15.8. The molecule has 0 bridgehead atoms. The lowest BCUT2D eigenvalue weighted by molar-refractivity contribution is -0.143. The van der Waals surface area contributed by atoms with Gasteiger partial charge in [-0.2, -0.15) is 26.3 Å². The molecule has 0 spiro atoms. The number of aldehydes is 1. The largest absolute Gasteiger partial charge is 0.453 e. The van der Waals surface area contributed by atoms with E-state index in [0.717, 1.165) is 12.2 Å². The van der Waals surface area contributed by atoms with E-state index in [1.54, 1.807) is 0 Å². The third-order valence-corrected chi connectivity index (χ3v) is 4.01. The quantitative estimate of drug-likeness (QED) is 0.236. The third kappa shape index (κ3) is 6.56. The van der Waals surface area contributed by atoms with Crippen LogP contribution in [0.2, 0.25) is 0 Å². The monoisotopic (exact) mass is 494 g/mol. The first-order valence-corrected chi connectivity index (χ1v) is 9.04. The van der Waals surface area contributed by atoms with Gasteiger partial charge in [0, 0.05) is 24.9 Å². The number of ether oxygens (including phenoxy) is 1. The van der Waals surface area contributed by atoms with Crippen LogP contribution in [0.25, 0.3) is 0 Å². The summed E-state index contributed by atoms with van der Waals surface area (Å²) in [7, 11) is 1.43. The molecule has 0 fully saturated rings. The highest BCUT2D eigenvalue weighted by Crippen LogP contribution is 2.43. The Labute approximate surface area is 186 Å². The number of rotatable bonds is 7. The summed E-state index contributed by atoms with van der Waals surface area (Å²) in [5, 5.41) is 4.43. The summed E-state index contributed by atoms with van der Waals surface area (Å²) in [6.07, 6.45) is -7.57. The number of halogens is 8. The molecule has 182 valence electrons. The molecule has 0 saturated carbocycles. The molecule has 0 aliphatic carbocycles. The molecule has 0 saturated heterocycles. The molecule has 13 heteroatoms. The van der Waals surface area contributed by atoms with Gasteiger partial charge in [0.15, 0.2) is 11.6 Å². The summed E-state index contributed by atoms with van der Waals surface area (Å²) in [5.41, 5.74) is -5.65. The first-order valence-electron chi connectivity index (χ1n) is 9.04. The Morgan fingerprint density at radius 2 is 1.65 bits per heavy atom. The van der Waals surface area contributed by atoms with Gasteiger partial charge in [0.25, 0.3) is 5.91 Å². The number of amides is 1. The topological polar surface area (TPSA) is 67.4 Å². The highest BCUT2D eigenvalue weighted by molar-refractivity contribution is 6.00. The van der Waals surface area contributed by atoms with E-state index in [1.807, 2.05) is 5.32 Å². The average Bonchev–Trinajstić information content (AvgIpc) is 2.72. The maximum absolute atomic E-state index is 14.0. The predicted molar refractivity (Wildman–Crippen MR) is 103 cm³/mol. The fourth-order valence-electron chi connectivity index (χ4n) is 2.57. The molecular formula is C21H14F8N2O3. The summed E-state index contributed by atoms with van der Waals surface area (Å²) in [4.78, 5) is 23.5. The van der Waals surface area contributed by atoms with Crippen molar-refractivity contribution in [2.24, 2.45) is 0 Å². The molecule has 2 aromatic carbocycles. The molecule has 2 rings (SSSR count). The Morgan fingerprint density at radius 1 is 0.971 bits per heavy atom. The van der Waals surface area contributed by atoms with Gasteiger partial charge in [-0.15, -0.1) is 0 Å². The van der Waals surface area contributed by atoms with Crippen LogP contribution < -0.4 is 15.4 Å². The second kappa shape index (κ2) is 10.4. The van der Waals surface area contributed by atoms with E-state index in [-0.39, 0.29) is 30.2 Å². The lowest BCUT2D eigenvalue weighted by Crippen LogP contribution is -2.27. The van der Waals surface area contributed by atoms with Crippen molar-refractivity contribution in [2.45, 2.75) is 12.4 Å². The molecule has 34 heavy (non-hydrogen) atoms. The standard InChI is InChI=1S/C21H14F8N2O3/c1-30-6-4-13(5-7-32)31-19(33)18-14(21(27,28)29)8-11(20(24,25)26)9-17(18)34-16-3-2-12(22)10-15(16)23/h2-10,30H,1H3,(H,31,33)/b6-4-,13-5+. The van der Waals surface area contributed by atoms with Crippen LogP contribution in [0, 0.1) is 11.6 Å². The lowest BCUT2D eigenvalue weighted by Gasteiger charge is -2.20.